The van der Waals surface area contributed by atoms with Gasteiger partial charge in [0.25, 0.3) is 0 Å². The molecule has 1 aromatic carbocycles. The van der Waals surface area contributed by atoms with Crippen molar-refractivity contribution >= 4 is 26.0 Å². The third kappa shape index (κ3) is 4.34. The Morgan fingerprint density at radius 2 is 2.17 bits per heavy atom. The van der Waals surface area contributed by atoms with E-state index in [2.05, 4.69) is 20.9 Å². The van der Waals surface area contributed by atoms with E-state index >= 15 is 0 Å². The quantitative estimate of drug-likeness (QED) is 0.759. The molecule has 1 fully saturated rings. The third-order valence-electron chi connectivity index (χ3n) is 3.92. The van der Waals surface area contributed by atoms with Crippen molar-refractivity contribution in [2.45, 2.75) is 25.2 Å². The van der Waals surface area contributed by atoms with Gasteiger partial charge in [-0.3, -0.25) is 0 Å². The predicted molar refractivity (Wildman–Crippen MR) is 96.3 cm³/mol. The molecule has 1 aliphatic heterocycles. The maximum absolute atomic E-state index is 12.6. The van der Waals surface area contributed by atoms with Crippen LogP contribution >= 0.6 is 15.9 Å². The highest BCUT2D eigenvalue weighted by atomic mass is 79.9. The molecule has 5 nitrogen and oxygen atoms in total. The Bertz CT molecular complexity index is 809. The Kier molecular flexibility index (Phi) is 5.22. The first kappa shape index (κ1) is 17.4. The molecule has 0 amide bonds. The van der Waals surface area contributed by atoms with E-state index in [0.29, 0.717) is 25.4 Å². The monoisotopic (exact) mass is 410 g/mol. The lowest BCUT2D eigenvalue weighted by Crippen LogP contribution is -2.32. The van der Waals surface area contributed by atoms with Gasteiger partial charge in [0.05, 0.1) is 12.3 Å². The van der Waals surface area contributed by atoms with Gasteiger partial charge in [-0.2, -0.15) is 4.31 Å². The zero-order chi connectivity index (χ0) is 17.2. The number of pyridine rings is 1. The van der Waals surface area contributed by atoms with E-state index in [1.807, 2.05) is 37.3 Å². The first-order chi connectivity index (χ1) is 11.4. The molecule has 0 bridgehead atoms. The molecule has 0 spiro atoms. The van der Waals surface area contributed by atoms with Crippen LogP contribution < -0.4 is 4.74 Å². The summed E-state index contributed by atoms with van der Waals surface area (Å²) in [6.07, 6.45) is 2.17. The lowest BCUT2D eigenvalue weighted by Gasteiger charge is -2.17. The van der Waals surface area contributed by atoms with Gasteiger partial charge >= 0.3 is 0 Å². The minimum Gasteiger partial charge on any atom is -0.473 e. The molecule has 1 aromatic heterocycles. The minimum absolute atomic E-state index is 0.0257. The van der Waals surface area contributed by atoms with E-state index in [9.17, 15) is 8.42 Å². The zero-order valence-electron chi connectivity index (χ0n) is 13.4. The molecule has 1 unspecified atom stereocenters. The summed E-state index contributed by atoms with van der Waals surface area (Å²) in [5, 5.41) is 0. The average Bonchev–Trinajstić information content (AvgIpc) is 2.99. The molecule has 0 N–H and O–H groups in total. The van der Waals surface area contributed by atoms with E-state index in [1.54, 1.807) is 12.3 Å². The van der Waals surface area contributed by atoms with Crippen molar-refractivity contribution < 1.29 is 13.2 Å². The van der Waals surface area contributed by atoms with Crippen LogP contribution in [-0.4, -0.2) is 36.9 Å². The van der Waals surface area contributed by atoms with Gasteiger partial charge < -0.3 is 4.74 Å². The van der Waals surface area contributed by atoms with Crippen LogP contribution in [0.4, 0.5) is 0 Å². The molecule has 0 radical (unpaired) electrons. The van der Waals surface area contributed by atoms with E-state index in [4.69, 9.17) is 4.74 Å². The van der Waals surface area contributed by atoms with Crippen LogP contribution in [0.1, 0.15) is 17.5 Å². The van der Waals surface area contributed by atoms with Crippen LogP contribution in [0.5, 0.6) is 5.88 Å². The van der Waals surface area contributed by atoms with Crippen molar-refractivity contribution in [2.24, 2.45) is 0 Å². The van der Waals surface area contributed by atoms with E-state index in [1.165, 1.54) is 4.31 Å². The van der Waals surface area contributed by atoms with Gasteiger partial charge in [-0.05, 0) is 40.9 Å². The number of hydrogen-bond donors (Lipinski definition) is 0. The van der Waals surface area contributed by atoms with Gasteiger partial charge in [-0.15, -0.1) is 0 Å². The van der Waals surface area contributed by atoms with Gasteiger partial charge in [0.2, 0.25) is 15.9 Å². The van der Waals surface area contributed by atoms with Crippen LogP contribution in [0.25, 0.3) is 0 Å². The third-order valence-corrected chi connectivity index (χ3v) is 6.21. The molecule has 1 saturated heterocycles. The summed E-state index contributed by atoms with van der Waals surface area (Å²) in [4.78, 5) is 4.17. The Balaban J connectivity index is 1.62. The van der Waals surface area contributed by atoms with Crippen LogP contribution in [0, 0.1) is 6.92 Å². The van der Waals surface area contributed by atoms with Gasteiger partial charge in [0.1, 0.15) is 6.10 Å². The summed E-state index contributed by atoms with van der Waals surface area (Å²) in [6, 6.07) is 11.2. The number of ether oxygens (including phenoxy) is 1. The van der Waals surface area contributed by atoms with E-state index in [0.717, 1.165) is 15.6 Å². The summed E-state index contributed by atoms with van der Waals surface area (Å²) in [5.41, 5.74) is 1.88. The number of hydrogen-bond acceptors (Lipinski definition) is 4. The molecule has 2 heterocycles. The molecule has 24 heavy (non-hydrogen) atoms. The van der Waals surface area contributed by atoms with Crippen LogP contribution in [-0.2, 0) is 15.8 Å². The Morgan fingerprint density at radius 1 is 1.33 bits per heavy atom. The standard InChI is InChI=1S/C17H19BrN2O3S/c1-13-3-2-4-14(9-13)12-24(21,22)20-8-7-16(11-20)23-17-6-5-15(18)10-19-17/h2-6,9-10,16H,7-8,11-12H2,1H3. The van der Waals surface area contributed by atoms with Gasteiger partial charge in [0, 0.05) is 23.3 Å². The average molecular weight is 411 g/mol. The minimum atomic E-state index is -3.34. The number of halogens is 1. The maximum atomic E-state index is 12.6. The summed E-state index contributed by atoms with van der Waals surface area (Å²) in [5.74, 6) is 0.541. The van der Waals surface area contributed by atoms with Crippen molar-refractivity contribution in [3.8, 4) is 5.88 Å². The molecule has 0 saturated carbocycles. The SMILES string of the molecule is Cc1cccc(CS(=O)(=O)N2CCC(Oc3ccc(Br)cn3)C2)c1. The summed E-state index contributed by atoms with van der Waals surface area (Å²) in [6.45, 7) is 2.81. The van der Waals surface area contributed by atoms with Crippen molar-refractivity contribution in [1.82, 2.24) is 9.29 Å². The second-order valence-electron chi connectivity index (χ2n) is 5.95. The largest absolute Gasteiger partial charge is 0.473 e. The van der Waals surface area contributed by atoms with E-state index in [-0.39, 0.29) is 11.9 Å². The summed E-state index contributed by atoms with van der Waals surface area (Å²) in [7, 11) is -3.34. The highest BCUT2D eigenvalue weighted by molar-refractivity contribution is 9.10. The molecule has 2 aromatic rings. The first-order valence-electron chi connectivity index (χ1n) is 7.74. The number of aryl methyl sites for hydroxylation is 1. The highest BCUT2D eigenvalue weighted by Crippen LogP contribution is 2.22. The van der Waals surface area contributed by atoms with Gasteiger partial charge in [-0.1, -0.05) is 29.8 Å². The molecule has 1 aliphatic rings. The lowest BCUT2D eigenvalue weighted by atomic mass is 10.2. The first-order valence-corrected chi connectivity index (χ1v) is 10.1. The molecule has 0 aliphatic carbocycles. The number of rotatable bonds is 5. The van der Waals surface area contributed by atoms with Gasteiger partial charge in [0.15, 0.2) is 0 Å². The number of nitrogens with zero attached hydrogens (tertiary/aromatic N) is 2. The molecule has 3 rings (SSSR count). The topological polar surface area (TPSA) is 59.5 Å². The van der Waals surface area contributed by atoms with Crippen LogP contribution in [0.2, 0.25) is 0 Å². The second-order valence-corrected chi connectivity index (χ2v) is 8.83. The van der Waals surface area contributed by atoms with Crippen LogP contribution in [0.15, 0.2) is 47.1 Å². The Labute approximate surface area is 150 Å². The normalized spacial score (nSPS) is 18.7. The number of sulfonamides is 1. The molecular weight excluding hydrogens is 392 g/mol. The fourth-order valence-electron chi connectivity index (χ4n) is 2.75. The zero-order valence-corrected chi connectivity index (χ0v) is 15.8. The number of benzene rings is 1. The smallest absolute Gasteiger partial charge is 0.218 e. The molecule has 1 atom stereocenters. The van der Waals surface area contributed by atoms with Crippen molar-refractivity contribution in [1.29, 1.82) is 0 Å². The second kappa shape index (κ2) is 7.21. The predicted octanol–water partition coefficient (Wildman–Crippen LogP) is 3.14. The van der Waals surface area contributed by atoms with Crippen molar-refractivity contribution in [3.63, 3.8) is 0 Å². The lowest BCUT2D eigenvalue weighted by molar-refractivity contribution is 0.207. The van der Waals surface area contributed by atoms with Crippen molar-refractivity contribution in [3.05, 3.63) is 58.2 Å². The molecular formula is C17H19BrN2O3S. The van der Waals surface area contributed by atoms with Crippen molar-refractivity contribution in [2.75, 3.05) is 13.1 Å². The Morgan fingerprint density at radius 3 is 2.88 bits per heavy atom. The fourth-order valence-corrected chi connectivity index (χ4v) is 4.55. The maximum Gasteiger partial charge on any atom is 0.218 e. The fraction of sp³-hybridized carbons (Fsp3) is 0.353. The highest BCUT2D eigenvalue weighted by Gasteiger charge is 2.32. The number of aromatic nitrogens is 1. The van der Waals surface area contributed by atoms with Crippen LogP contribution in [0.3, 0.4) is 0 Å². The Hall–Kier alpha value is -1.44. The summed E-state index contributed by atoms with van der Waals surface area (Å²) >= 11 is 3.32. The molecule has 128 valence electrons. The summed E-state index contributed by atoms with van der Waals surface area (Å²) < 4.78 is 33.4. The molecule has 7 heteroatoms. The van der Waals surface area contributed by atoms with E-state index < -0.39 is 10.0 Å². The van der Waals surface area contributed by atoms with Gasteiger partial charge in [-0.25, -0.2) is 13.4 Å².